The van der Waals surface area contributed by atoms with Crippen molar-refractivity contribution in [2.75, 3.05) is 0 Å². The molecule has 0 spiro atoms. The topological polar surface area (TPSA) is 35.2 Å². The van der Waals surface area contributed by atoms with Crippen molar-refractivity contribution < 1.29 is 4.74 Å². The monoisotopic (exact) mass is 317 g/mol. The van der Waals surface area contributed by atoms with Crippen LogP contribution in [0.2, 0.25) is 5.02 Å². The second kappa shape index (κ2) is 6.04. The fraction of sp³-hybridized carbons (Fsp3) is 0.235. The van der Waals surface area contributed by atoms with E-state index in [1.807, 2.05) is 12.1 Å². The van der Waals surface area contributed by atoms with Gasteiger partial charge in [0.1, 0.15) is 16.8 Å². The summed E-state index contributed by atoms with van der Waals surface area (Å²) in [6.45, 7) is 0. The lowest BCUT2D eigenvalue weighted by molar-refractivity contribution is 0.183. The highest BCUT2D eigenvalue weighted by Crippen LogP contribution is 2.35. The summed E-state index contributed by atoms with van der Waals surface area (Å²) in [5.41, 5.74) is 9.11. The zero-order valence-electron chi connectivity index (χ0n) is 11.5. The molecule has 3 rings (SSSR count). The molecule has 0 fully saturated rings. The Balaban J connectivity index is 1.95. The van der Waals surface area contributed by atoms with Gasteiger partial charge in [-0.25, -0.2) is 0 Å². The fourth-order valence-corrected chi connectivity index (χ4v) is 3.11. The maximum Gasteiger partial charge on any atom is 0.131 e. The van der Waals surface area contributed by atoms with Crippen molar-refractivity contribution in [3.8, 4) is 5.75 Å². The zero-order valence-corrected chi connectivity index (χ0v) is 13.1. The Morgan fingerprint density at radius 1 is 1.24 bits per heavy atom. The molecule has 1 unspecified atom stereocenters. The molecule has 1 atom stereocenters. The van der Waals surface area contributed by atoms with Gasteiger partial charge in [0.15, 0.2) is 0 Å². The number of ether oxygens (including phenoxy) is 1. The SMILES string of the molecule is NC(=S)c1ccc(Cl)cc1OC1CCCc2ccccc21. The quantitative estimate of drug-likeness (QED) is 0.850. The molecular weight excluding hydrogens is 302 g/mol. The van der Waals surface area contributed by atoms with Crippen molar-refractivity contribution in [1.82, 2.24) is 0 Å². The maximum atomic E-state index is 6.20. The fourth-order valence-electron chi connectivity index (χ4n) is 2.78. The van der Waals surface area contributed by atoms with Crippen LogP contribution in [0.15, 0.2) is 42.5 Å². The molecule has 1 aliphatic rings. The highest BCUT2D eigenvalue weighted by molar-refractivity contribution is 7.80. The summed E-state index contributed by atoms with van der Waals surface area (Å²) in [5.74, 6) is 0.664. The molecule has 0 radical (unpaired) electrons. The number of rotatable bonds is 3. The summed E-state index contributed by atoms with van der Waals surface area (Å²) in [4.78, 5) is 0.325. The van der Waals surface area contributed by atoms with E-state index in [4.69, 9.17) is 34.3 Å². The number of aryl methyl sites for hydroxylation is 1. The summed E-state index contributed by atoms with van der Waals surface area (Å²) in [5, 5.41) is 0.620. The number of hydrogen-bond acceptors (Lipinski definition) is 2. The lowest BCUT2D eigenvalue weighted by Crippen LogP contribution is -2.18. The first-order chi connectivity index (χ1) is 10.1. The number of fused-ring (bicyclic) bond motifs is 1. The van der Waals surface area contributed by atoms with Crippen LogP contribution in [-0.4, -0.2) is 4.99 Å². The third kappa shape index (κ3) is 3.04. The van der Waals surface area contributed by atoms with Crippen LogP contribution in [0.4, 0.5) is 0 Å². The Kier molecular flexibility index (Phi) is 4.13. The van der Waals surface area contributed by atoms with Crippen molar-refractivity contribution in [2.45, 2.75) is 25.4 Å². The molecule has 2 aromatic carbocycles. The van der Waals surface area contributed by atoms with E-state index < -0.39 is 0 Å². The number of nitrogens with two attached hydrogens (primary N) is 1. The van der Waals surface area contributed by atoms with E-state index in [0.717, 1.165) is 24.8 Å². The van der Waals surface area contributed by atoms with E-state index in [-0.39, 0.29) is 6.10 Å². The van der Waals surface area contributed by atoms with E-state index in [9.17, 15) is 0 Å². The molecule has 0 aliphatic heterocycles. The van der Waals surface area contributed by atoms with E-state index in [2.05, 4.69) is 18.2 Å². The molecule has 0 saturated heterocycles. The van der Waals surface area contributed by atoms with Gasteiger partial charge in [-0.15, -0.1) is 0 Å². The van der Waals surface area contributed by atoms with Gasteiger partial charge in [-0.2, -0.15) is 0 Å². The molecule has 21 heavy (non-hydrogen) atoms. The molecule has 0 amide bonds. The van der Waals surface area contributed by atoms with Gasteiger partial charge in [0.25, 0.3) is 0 Å². The number of halogens is 1. The minimum Gasteiger partial charge on any atom is -0.485 e. The number of thiocarbonyl (C=S) groups is 1. The molecule has 0 bridgehead atoms. The first-order valence-electron chi connectivity index (χ1n) is 6.99. The molecule has 1 aliphatic carbocycles. The van der Waals surface area contributed by atoms with Gasteiger partial charge in [0.2, 0.25) is 0 Å². The lowest BCUT2D eigenvalue weighted by atomic mass is 9.89. The van der Waals surface area contributed by atoms with E-state index >= 15 is 0 Å². The molecule has 0 heterocycles. The smallest absolute Gasteiger partial charge is 0.131 e. The summed E-state index contributed by atoms with van der Waals surface area (Å²) in [6, 6.07) is 13.8. The second-order valence-electron chi connectivity index (χ2n) is 5.20. The molecular formula is C17H16ClNOS. The predicted octanol–water partition coefficient (Wildman–Crippen LogP) is 4.43. The Hall–Kier alpha value is -1.58. The standard InChI is InChI=1S/C17H16ClNOS/c18-12-8-9-14(17(19)21)16(10-12)20-15-7-3-5-11-4-1-2-6-13(11)15/h1-2,4,6,8-10,15H,3,5,7H2,(H2,19,21). The summed E-state index contributed by atoms with van der Waals surface area (Å²) in [7, 11) is 0. The van der Waals surface area contributed by atoms with Crippen LogP contribution in [0, 0.1) is 0 Å². The molecule has 2 aromatic rings. The summed E-state index contributed by atoms with van der Waals surface area (Å²) < 4.78 is 6.20. The highest BCUT2D eigenvalue weighted by atomic mass is 35.5. The Labute approximate surface area is 134 Å². The third-order valence-corrected chi connectivity index (χ3v) is 4.25. The normalized spacial score (nSPS) is 17.1. The van der Waals surface area contributed by atoms with Gasteiger partial charge in [-0.1, -0.05) is 48.1 Å². The number of benzene rings is 2. The first kappa shape index (κ1) is 14.4. The molecule has 4 heteroatoms. The van der Waals surface area contributed by atoms with Gasteiger partial charge in [-0.3, -0.25) is 0 Å². The minimum absolute atomic E-state index is 0.0292. The molecule has 108 valence electrons. The van der Waals surface area contributed by atoms with E-state index in [0.29, 0.717) is 15.8 Å². The summed E-state index contributed by atoms with van der Waals surface area (Å²) in [6.07, 6.45) is 3.24. The van der Waals surface area contributed by atoms with Crippen LogP contribution in [0.5, 0.6) is 5.75 Å². The van der Waals surface area contributed by atoms with E-state index in [1.54, 1.807) is 12.1 Å². The predicted molar refractivity (Wildman–Crippen MR) is 90.1 cm³/mol. The Bertz CT molecular complexity index is 686. The molecule has 0 saturated carbocycles. The van der Waals surface area contributed by atoms with Crippen molar-refractivity contribution in [1.29, 1.82) is 0 Å². The minimum atomic E-state index is 0.0292. The van der Waals surface area contributed by atoms with Crippen LogP contribution < -0.4 is 10.5 Å². The Morgan fingerprint density at radius 3 is 2.86 bits per heavy atom. The maximum absolute atomic E-state index is 6.20. The van der Waals surface area contributed by atoms with Crippen LogP contribution in [0.25, 0.3) is 0 Å². The lowest BCUT2D eigenvalue weighted by Gasteiger charge is -2.27. The third-order valence-electron chi connectivity index (χ3n) is 3.79. The molecule has 2 N–H and O–H groups in total. The van der Waals surface area contributed by atoms with Crippen LogP contribution in [-0.2, 0) is 6.42 Å². The van der Waals surface area contributed by atoms with Gasteiger partial charge < -0.3 is 10.5 Å². The van der Waals surface area contributed by atoms with Crippen LogP contribution in [0.1, 0.15) is 35.6 Å². The Morgan fingerprint density at radius 2 is 2.05 bits per heavy atom. The van der Waals surface area contributed by atoms with Gasteiger partial charge in [0, 0.05) is 5.02 Å². The van der Waals surface area contributed by atoms with Crippen molar-refractivity contribution in [2.24, 2.45) is 5.73 Å². The second-order valence-corrected chi connectivity index (χ2v) is 6.08. The van der Waals surface area contributed by atoms with Gasteiger partial charge >= 0.3 is 0 Å². The first-order valence-corrected chi connectivity index (χ1v) is 7.77. The van der Waals surface area contributed by atoms with Crippen molar-refractivity contribution >= 4 is 28.8 Å². The average Bonchev–Trinajstić information content (AvgIpc) is 2.47. The zero-order chi connectivity index (χ0) is 14.8. The van der Waals surface area contributed by atoms with Crippen molar-refractivity contribution in [3.05, 3.63) is 64.2 Å². The summed E-state index contributed by atoms with van der Waals surface area (Å²) >= 11 is 11.2. The van der Waals surface area contributed by atoms with Crippen molar-refractivity contribution in [3.63, 3.8) is 0 Å². The van der Waals surface area contributed by atoms with Gasteiger partial charge in [0.05, 0.1) is 5.56 Å². The van der Waals surface area contributed by atoms with Crippen LogP contribution >= 0.6 is 23.8 Å². The molecule has 2 nitrogen and oxygen atoms in total. The largest absolute Gasteiger partial charge is 0.485 e. The number of hydrogen-bond donors (Lipinski definition) is 1. The average molecular weight is 318 g/mol. The van der Waals surface area contributed by atoms with Gasteiger partial charge in [-0.05, 0) is 48.6 Å². The molecule has 0 aromatic heterocycles. The van der Waals surface area contributed by atoms with Crippen LogP contribution in [0.3, 0.4) is 0 Å². The highest BCUT2D eigenvalue weighted by Gasteiger charge is 2.22. The van der Waals surface area contributed by atoms with E-state index in [1.165, 1.54) is 11.1 Å².